The molecule has 0 saturated heterocycles. The summed E-state index contributed by atoms with van der Waals surface area (Å²) >= 11 is 0. The van der Waals surface area contributed by atoms with Gasteiger partial charge in [0, 0.05) is 25.4 Å². The summed E-state index contributed by atoms with van der Waals surface area (Å²) in [6.07, 6.45) is 4.59. The smallest absolute Gasteiger partial charge is 0.248 e. The minimum Gasteiger partial charge on any atom is -0.377 e. The van der Waals surface area contributed by atoms with Crippen LogP contribution in [0, 0.1) is 0 Å². The minimum atomic E-state index is 0.0623. The van der Waals surface area contributed by atoms with Crippen LogP contribution < -0.4 is 0 Å². The molecule has 0 saturated carbocycles. The molecule has 0 N–H and O–H groups in total. The molecular weight excluding hydrogens is 252 g/mol. The van der Waals surface area contributed by atoms with Gasteiger partial charge in [-0.3, -0.25) is 9.79 Å². The zero-order chi connectivity index (χ0) is 14.1. The molecule has 0 aromatic heterocycles. The molecular formula is C16H18N2O2. The van der Waals surface area contributed by atoms with Crippen molar-refractivity contribution < 1.29 is 9.53 Å². The second-order valence-corrected chi connectivity index (χ2v) is 5.09. The van der Waals surface area contributed by atoms with Crippen molar-refractivity contribution >= 4 is 17.8 Å². The van der Waals surface area contributed by atoms with Crippen molar-refractivity contribution in [2.75, 3.05) is 20.2 Å². The molecule has 0 bridgehead atoms. The monoisotopic (exact) mass is 270 g/mol. The van der Waals surface area contributed by atoms with Gasteiger partial charge in [-0.15, -0.1) is 0 Å². The van der Waals surface area contributed by atoms with Crippen molar-refractivity contribution in [3.8, 4) is 0 Å². The molecule has 0 aliphatic carbocycles. The first-order chi connectivity index (χ1) is 9.72. The van der Waals surface area contributed by atoms with Crippen molar-refractivity contribution in [1.29, 1.82) is 0 Å². The number of rotatable bonds is 2. The Kier molecular flexibility index (Phi) is 3.40. The topological polar surface area (TPSA) is 41.9 Å². The first kappa shape index (κ1) is 13.1. The number of hydrogen-bond donors (Lipinski definition) is 0. The summed E-state index contributed by atoms with van der Waals surface area (Å²) in [5.41, 5.74) is 4.58. The highest BCUT2D eigenvalue weighted by Crippen LogP contribution is 2.34. The lowest BCUT2D eigenvalue weighted by atomic mass is 9.90. The predicted molar refractivity (Wildman–Crippen MR) is 78.6 cm³/mol. The molecule has 104 valence electrons. The van der Waals surface area contributed by atoms with Crippen LogP contribution in [-0.2, 0) is 16.0 Å². The largest absolute Gasteiger partial charge is 0.377 e. The summed E-state index contributed by atoms with van der Waals surface area (Å²) in [6, 6.07) is 6.21. The van der Waals surface area contributed by atoms with E-state index >= 15 is 0 Å². The van der Waals surface area contributed by atoms with E-state index in [1.165, 1.54) is 11.1 Å². The molecule has 4 heteroatoms. The number of carbonyl (C=O) groups excluding carboxylic acids is 1. The molecule has 2 aliphatic heterocycles. The van der Waals surface area contributed by atoms with Crippen LogP contribution >= 0.6 is 0 Å². The van der Waals surface area contributed by atoms with E-state index in [2.05, 4.69) is 24.0 Å². The second kappa shape index (κ2) is 5.21. The molecule has 1 amide bonds. The van der Waals surface area contributed by atoms with Gasteiger partial charge >= 0.3 is 0 Å². The third-order valence-corrected chi connectivity index (χ3v) is 4.02. The van der Waals surface area contributed by atoms with E-state index in [4.69, 9.17) is 4.74 Å². The average molecular weight is 270 g/mol. The van der Waals surface area contributed by atoms with Crippen molar-refractivity contribution in [2.24, 2.45) is 4.99 Å². The first-order valence-electron chi connectivity index (χ1n) is 6.88. The quantitative estimate of drug-likeness (QED) is 0.826. The molecule has 1 atom stereocenters. The van der Waals surface area contributed by atoms with E-state index in [0.717, 1.165) is 17.7 Å². The summed E-state index contributed by atoms with van der Waals surface area (Å²) < 4.78 is 5.46. The zero-order valence-electron chi connectivity index (χ0n) is 11.8. The third-order valence-electron chi connectivity index (χ3n) is 4.02. The Morgan fingerprint density at radius 1 is 1.40 bits per heavy atom. The van der Waals surface area contributed by atoms with Crippen LogP contribution in [0.5, 0.6) is 0 Å². The number of methoxy groups -OCH3 is 1. The van der Waals surface area contributed by atoms with Gasteiger partial charge in [0.2, 0.25) is 5.91 Å². The first-order valence-corrected chi connectivity index (χ1v) is 6.88. The van der Waals surface area contributed by atoms with E-state index < -0.39 is 0 Å². The van der Waals surface area contributed by atoms with Gasteiger partial charge in [-0.1, -0.05) is 18.2 Å². The molecule has 1 aromatic rings. The maximum absolute atomic E-state index is 12.1. The number of aliphatic imine (C=N–C) groups is 1. The lowest BCUT2D eigenvalue weighted by molar-refractivity contribution is -0.126. The van der Waals surface area contributed by atoms with Crippen LogP contribution in [0.4, 0.5) is 0 Å². The number of ether oxygens (including phenoxy) is 1. The molecule has 4 nitrogen and oxygen atoms in total. The van der Waals surface area contributed by atoms with E-state index in [1.807, 2.05) is 17.0 Å². The van der Waals surface area contributed by atoms with Gasteiger partial charge in [-0.05, 0) is 30.5 Å². The Labute approximate surface area is 118 Å². The number of nitrogens with zero attached hydrogens (tertiary/aromatic N) is 2. The summed E-state index contributed by atoms with van der Waals surface area (Å²) in [4.78, 5) is 18.0. The Morgan fingerprint density at radius 3 is 3.05 bits per heavy atom. The molecule has 2 aliphatic rings. The van der Waals surface area contributed by atoms with Gasteiger partial charge < -0.3 is 9.64 Å². The minimum absolute atomic E-state index is 0.0623. The number of benzene rings is 1. The number of carbonyl (C=O) groups is 1. The fraction of sp³-hybridized carbons (Fsp3) is 0.375. The van der Waals surface area contributed by atoms with Crippen LogP contribution in [-0.4, -0.2) is 37.2 Å². The molecule has 1 aromatic carbocycles. The van der Waals surface area contributed by atoms with Crippen molar-refractivity contribution in [1.82, 2.24) is 4.90 Å². The highest BCUT2D eigenvalue weighted by Gasteiger charge is 2.28. The fourth-order valence-corrected chi connectivity index (χ4v) is 2.90. The molecule has 0 radical (unpaired) electrons. The number of amides is 1. The highest BCUT2D eigenvalue weighted by atomic mass is 16.5. The average Bonchev–Trinajstić information content (AvgIpc) is 2.68. The highest BCUT2D eigenvalue weighted by molar-refractivity contribution is 5.97. The molecule has 2 heterocycles. The second-order valence-electron chi connectivity index (χ2n) is 5.09. The Balaban J connectivity index is 2.11. The van der Waals surface area contributed by atoms with Crippen molar-refractivity contribution in [2.45, 2.75) is 19.4 Å². The normalized spacial score (nSPS) is 19.0. The van der Waals surface area contributed by atoms with E-state index in [-0.39, 0.29) is 18.6 Å². The molecule has 20 heavy (non-hydrogen) atoms. The van der Waals surface area contributed by atoms with Crippen LogP contribution in [0.3, 0.4) is 0 Å². The van der Waals surface area contributed by atoms with Crippen LogP contribution in [0.15, 0.2) is 29.3 Å². The van der Waals surface area contributed by atoms with E-state index in [1.54, 1.807) is 13.3 Å². The SMILES string of the molecule is COC(C)c1cccc2c1CCN1C(=O)CN=CC=C21. The number of allylic oxidation sites excluding steroid dienone is 1. The molecule has 1 unspecified atom stereocenters. The van der Waals surface area contributed by atoms with Crippen LogP contribution in [0.2, 0.25) is 0 Å². The molecule has 0 fully saturated rings. The van der Waals surface area contributed by atoms with E-state index in [9.17, 15) is 4.79 Å². The fourth-order valence-electron chi connectivity index (χ4n) is 2.90. The third kappa shape index (κ3) is 2.06. The van der Waals surface area contributed by atoms with Crippen molar-refractivity contribution in [3.05, 3.63) is 41.0 Å². The van der Waals surface area contributed by atoms with Gasteiger partial charge in [-0.25, -0.2) is 0 Å². The van der Waals surface area contributed by atoms with Crippen molar-refractivity contribution in [3.63, 3.8) is 0 Å². The van der Waals surface area contributed by atoms with Crippen LogP contribution in [0.1, 0.15) is 29.7 Å². The summed E-state index contributed by atoms with van der Waals surface area (Å²) in [6.45, 7) is 3.01. The molecule has 3 rings (SSSR count). The number of fused-ring (bicyclic) bond motifs is 3. The van der Waals surface area contributed by atoms with E-state index in [0.29, 0.717) is 6.54 Å². The standard InChI is InChI=1S/C16H18N2O2/c1-11(20-2)12-4-3-5-14-13(12)7-9-18-15(14)6-8-17-10-16(18)19/h3-6,8,11H,7,9-10H2,1-2H3. The van der Waals surface area contributed by atoms with Gasteiger partial charge in [0.1, 0.15) is 6.54 Å². The lowest BCUT2D eigenvalue weighted by Gasteiger charge is -2.32. The van der Waals surface area contributed by atoms with Gasteiger partial charge in [0.15, 0.2) is 0 Å². The van der Waals surface area contributed by atoms with Gasteiger partial charge in [0.05, 0.1) is 11.8 Å². The molecule has 0 spiro atoms. The lowest BCUT2D eigenvalue weighted by Crippen LogP contribution is -2.36. The van der Waals surface area contributed by atoms with Gasteiger partial charge in [0.25, 0.3) is 0 Å². The maximum Gasteiger partial charge on any atom is 0.248 e. The zero-order valence-corrected chi connectivity index (χ0v) is 11.8. The maximum atomic E-state index is 12.1. The Hall–Kier alpha value is -1.94. The predicted octanol–water partition coefficient (Wildman–Crippen LogP) is 2.20. The van der Waals surface area contributed by atoms with Crippen LogP contribution in [0.25, 0.3) is 5.70 Å². The summed E-state index contributed by atoms with van der Waals surface area (Å²) in [7, 11) is 1.72. The Bertz CT molecular complexity index is 604. The Morgan fingerprint density at radius 2 is 2.25 bits per heavy atom. The number of hydrogen-bond acceptors (Lipinski definition) is 3. The summed E-state index contributed by atoms with van der Waals surface area (Å²) in [5.74, 6) is 0.0702. The summed E-state index contributed by atoms with van der Waals surface area (Å²) in [5, 5.41) is 0. The van der Waals surface area contributed by atoms with Gasteiger partial charge in [-0.2, -0.15) is 0 Å².